The summed E-state index contributed by atoms with van der Waals surface area (Å²) in [5.74, 6) is 0.606. The Bertz CT molecular complexity index is 1650. The zero-order chi connectivity index (χ0) is 31.2. The predicted octanol–water partition coefficient (Wildman–Crippen LogP) is 5.84. The van der Waals surface area contributed by atoms with Gasteiger partial charge in [-0.25, -0.2) is 9.78 Å². The molecule has 1 N–H and O–H groups in total. The molecule has 1 aromatic carbocycles. The van der Waals surface area contributed by atoms with E-state index in [0.29, 0.717) is 47.5 Å². The number of pyridine rings is 1. The van der Waals surface area contributed by atoms with Gasteiger partial charge in [-0.1, -0.05) is 57.3 Å². The van der Waals surface area contributed by atoms with Crippen molar-refractivity contribution in [1.82, 2.24) is 19.7 Å². The van der Waals surface area contributed by atoms with E-state index in [9.17, 15) is 9.90 Å². The van der Waals surface area contributed by atoms with Crippen LogP contribution < -0.4 is 4.74 Å². The molecule has 3 unspecified atom stereocenters. The van der Waals surface area contributed by atoms with E-state index in [4.69, 9.17) is 19.2 Å². The zero-order valence-electron chi connectivity index (χ0n) is 25.9. The number of aromatic carboxylic acids is 1. The molecule has 3 aliphatic rings. The lowest BCUT2D eigenvalue weighted by Crippen LogP contribution is -2.67. The van der Waals surface area contributed by atoms with Crippen molar-refractivity contribution < 1.29 is 24.1 Å². The third kappa shape index (κ3) is 5.14. The molecule has 0 bridgehead atoms. The van der Waals surface area contributed by atoms with Crippen molar-refractivity contribution in [3.8, 4) is 11.7 Å². The van der Waals surface area contributed by atoms with E-state index in [0.717, 1.165) is 37.3 Å². The van der Waals surface area contributed by atoms with Gasteiger partial charge in [-0.15, -0.1) is 0 Å². The summed E-state index contributed by atoms with van der Waals surface area (Å²) < 4.78 is 19.1. The van der Waals surface area contributed by atoms with Gasteiger partial charge in [-0.05, 0) is 54.2 Å². The lowest BCUT2D eigenvalue weighted by molar-refractivity contribution is -0.158. The highest BCUT2D eigenvalue weighted by Gasteiger charge is 2.61. The second-order valence-corrected chi connectivity index (χ2v) is 12.5. The molecule has 44 heavy (non-hydrogen) atoms. The van der Waals surface area contributed by atoms with Gasteiger partial charge in [-0.3, -0.25) is 4.90 Å². The monoisotopic (exact) mass is 596 g/mol. The molecule has 0 amide bonds. The van der Waals surface area contributed by atoms with Crippen molar-refractivity contribution in [3.05, 3.63) is 101 Å². The van der Waals surface area contributed by atoms with Gasteiger partial charge >= 0.3 is 5.97 Å². The second kappa shape index (κ2) is 11.7. The standard InChI is InChI=1S/C35H40N4O5/c1-7-25(28-9-8-10-29(37-28)39-33(42-6)27(18-36-39)34(40)41)30(21(2)3)44-20-22-11-12-24-19-38(15-13-23(24)17-22)31-26-14-16-43-32(26)35(31,4)5/h7-12,17-18,26,31-32H,1-2,13-16,19-20H2,3-6H3,(H,40,41)/b30-25-. The average molecular weight is 597 g/mol. The van der Waals surface area contributed by atoms with Crippen molar-refractivity contribution >= 4 is 11.5 Å². The number of benzene rings is 1. The number of hydrogen-bond acceptors (Lipinski definition) is 7. The quantitative estimate of drug-likeness (QED) is 0.230. The van der Waals surface area contributed by atoms with Crippen LogP contribution in [0, 0.1) is 11.3 Å². The summed E-state index contributed by atoms with van der Waals surface area (Å²) >= 11 is 0. The predicted molar refractivity (Wildman–Crippen MR) is 168 cm³/mol. The molecule has 9 heteroatoms. The fraction of sp³-hybridized carbons (Fsp3) is 0.400. The van der Waals surface area contributed by atoms with Crippen molar-refractivity contribution in [3.63, 3.8) is 0 Å². The van der Waals surface area contributed by atoms with Crippen LogP contribution in [0.2, 0.25) is 0 Å². The van der Waals surface area contributed by atoms with E-state index in [2.05, 4.69) is 55.2 Å². The summed E-state index contributed by atoms with van der Waals surface area (Å²) in [6.07, 6.45) is 5.54. The normalized spacial score (nSPS) is 22.7. The van der Waals surface area contributed by atoms with Crippen molar-refractivity contribution in [2.24, 2.45) is 11.3 Å². The van der Waals surface area contributed by atoms with Crippen molar-refractivity contribution in [2.45, 2.75) is 58.9 Å². The Kier molecular flexibility index (Phi) is 7.94. The lowest BCUT2D eigenvalue weighted by Gasteiger charge is -2.59. The van der Waals surface area contributed by atoms with Gasteiger partial charge < -0.3 is 19.3 Å². The van der Waals surface area contributed by atoms with Gasteiger partial charge in [0.15, 0.2) is 5.82 Å². The molecule has 3 aromatic rings. The Labute approximate surface area is 258 Å². The minimum absolute atomic E-state index is 0.0492. The van der Waals surface area contributed by atoms with Crippen LogP contribution in [0.5, 0.6) is 5.88 Å². The summed E-state index contributed by atoms with van der Waals surface area (Å²) in [6.45, 7) is 18.1. The minimum atomic E-state index is -1.13. The molecule has 3 atom stereocenters. The van der Waals surface area contributed by atoms with Crippen molar-refractivity contribution in [1.29, 1.82) is 0 Å². The van der Waals surface area contributed by atoms with Gasteiger partial charge in [0.2, 0.25) is 5.88 Å². The van der Waals surface area contributed by atoms with E-state index in [-0.39, 0.29) is 16.9 Å². The lowest BCUT2D eigenvalue weighted by atomic mass is 9.56. The van der Waals surface area contributed by atoms with Gasteiger partial charge in [0, 0.05) is 42.6 Å². The Morgan fingerprint density at radius 1 is 1.25 bits per heavy atom. The highest BCUT2D eigenvalue weighted by Crippen LogP contribution is 2.55. The fourth-order valence-electron chi connectivity index (χ4n) is 7.43. The summed E-state index contributed by atoms with van der Waals surface area (Å²) in [5, 5.41) is 13.7. The number of allylic oxidation sites excluding steroid dienone is 3. The van der Waals surface area contributed by atoms with Crippen LogP contribution >= 0.6 is 0 Å². The maximum atomic E-state index is 11.6. The first-order valence-electron chi connectivity index (χ1n) is 15.1. The Hall–Kier alpha value is -4.21. The maximum Gasteiger partial charge on any atom is 0.342 e. The van der Waals surface area contributed by atoms with Crippen LogP contribution in [0.4, 0.5) is 0 Å². The average Bonchev–Trinajstić information content (AvgIpc) is 3.65. The molecule has 0 radical (unpaired) electrons. The van der Waals surface area contributed by atoms with Crippen LogP contribution in [-0.4, -0.2) is 63.1 Å². The number of methoxy groups -OCH3 is 1. The number of rotatable bonds is 10. The van der Waals surface area contributed by atoms with E-state index >= 15 is 0 Å². The third-order valence-electron chi connectivity index (χ3n) is 9.34. The largest absolute Gasteiger partial charge is 0.488 e. The first-order chi connectivity index (χ1) is 21.1. The molecular formula is C35H40N4O5. The molecule has 2 aliphatic heterocycles. The van der Waals surface area contributed by atoms with E-state index in [1.807, 2.05) is 19.1 Å². The molecule has 9 nitrogen and oxygen atoms in total. The number of carboxylic acids is 1. The Morgan fingerprint density at radius 2 is 2.07 bits per heavy atom. The number of nitrogens with zero attached hydrogens (tertiary/aromatic N) is 4. The SMILES string of the molecule is C=C/C(=C(/OCc1ccc2c(c1)CCN(C1C3CCOC3C1(C)C)C2)C(=C)C)c1cccc(-n2ncc(C(=O)O)c2OC)n1. The fourth-order valence-corrected chi connectivity index (χ4v) is 7.43. The Morgan fingerprint density at radius 3 is 2.80 bits per heavy atom. The molecule has 1 saturated heterocycles. The molecule has 230 valence electrons. The smallest absolute Gasteiger partial charge is 0.342 e. The van der Waals surface area contributed by atoms with Crippen LogP contribution in [-0.2, 0) is 29.0 Å². The van der Waals surface area contributed by atoms with Crippen molar-refractivity contribution in [2.75, 3.05) is 20.3 Å². The van der Waals surface area contributed by atoms with Crippen LogP contribution in [0.3, 0.4) is 0 Å². The first kappa shape index (κ1) is 29.8. The maximum absolute atomic E-state index is 11.6. The summed E-state index contributed by atoms with van der Waals surface area (Å²) in [4.78, 5) is 19.0. The van der Waals surface area contributed by atoms with Gasteiger partial charge in [0.1, 0.15) is 17.9 Å². The number of aromatic nitrogens is 3. The summed E-state index contributed by atoms with van der Waals surface area (Å²) in [6, 6.07) is 12.6. The molecular weight excluding hydrogens is 556 g/mol. The van der Waals surface area contributed by atoms with Crippen LogP contribution in [0.15, 0.2) is 73.2 Å². The molecule has 0 spiro atoms. The minimum Gasteiger partial charge on any atom is -0.488 e. The molecule has 4 heterocycles. The highest BCUT2D eigenvalue weighted by molar-refractivity contribution is 5.90. The summed E-state index contributed by atoms with van der Waals surface area (Å²) in [7, 11) is 1.40. The van der Waals surface area contributed by atoms with E-state index < -0.39 is 5.97 Å². The van der Waals surface area contributed by atoms with E-state index in [1.165, 1.54) is 35.5 Å². The highest BCUT2D eigenvalue weighted by atomic mass is 16.5. The third-order valence-corrected chi connectivity index (χ3v) is 9.34. The zero-order valence-corrected chi connectivity index (χ0v) is 25.9. The molecule has 2 aromatic heterocycles. The van der Waals surface area contributed by atoms with Crippen LogP contribution in [0.1, 0.15) is 59.9 Å². The Balaban J connectivity index is 1.20. The number of carboxylic acid groups (broad SMARTS) is 1. The molecule has 1 saturated carbocycles. The van der Waals surface area contributed by atoms with E-state index in [1.54, 1.807) is 12.1 Å². The molecule has 1 aliphatic carbocycles. The topological polar surface area (TPSA) is 98.9 Å². The summed E-state index contributed by atoms with van der Waals surface area (Å²) in [5.41, 5.74) is 6.01. The van der Waals surface area contributed by atoms with Crippen LogP contribution in [0.25, 0.3) is 11.4 Å². The first-order valence-corrected chi connectivity index (χ1v) is 15.1. The number of hydrogen-bond donors (Lipinski definition) is 1. The second-order valence-electron chi connectivity index (χ2n) is 12.5. The number of carbonyl (C=O) groups is 1. The molecule has 6 rings (SSSR count). The van der Waals surface area contributed by atoms with Gasteiger partial charge in [0.05, 0.1) is 25.1 Å². The number of fused-ring (bicyclic) bond motifs is 2. The molecule has 2 fully saturated rings. The van der Waals surface area contributed by atoms with Gasteiger partial charge in [-0.2, -0.15) is 9.78 Å². The van der Waals surface area contributed by atoms with Gasteiger partial charge in [0.25, 0.3) is 0 Å². The number of ether oxygens (including phenoxy) is 3.